The van der Waals surface area contributed by atoms with Gasteiger partial charge >= 0.3 is 0 Å². The highest BCUT2D eigenvalue weighted by molar-refractivity contribution is 6.31. The summed E-state index contributed by atoms with van der Waals surface area (Å²) in [6, 6.07) is 10.3. The second-order valence-electron chi connectivity index (χ2n) is 3.99. The number of rotatable bonds is 3. The molecule has 1 aliphatic rings. The topological polar surface area (TPSA) is 20.3 Å². The number of aldehydes is 1. The Morgan fingerprint density at radius 1 is 1.31 bits per heavy atom. The number of halogens is 1. The lowest BCUT2D eigenvalue weighted by Crippen LogP contribution is -2.31. The summed E-state index contributed by atoms with van der Waals surface area (Å²) in [4.78, 5) is 13.0. The van der Waals surface area contributed by atoms with E-state index in [0.29, 0.717) is 6.54 Å². The molecule has 0 spiro atoms. The largest absolute Gasteiger partial charge is 0.298 e. The van der Waals surface area contributed by atoms with Crippen molar-refractivity contribution in [1.29, 1.82) is 0 Å². The van der Waals surface area contributed by atoms with Crippen LogP contribution in [0.2, 0.25) is 0 Å². The average molecular weight is 236 g/mol. The van der Waals surface area contributed by atoms with Gasteiger partial charge in [-0.3, -0.25) is 9.69 Å². The second-order valence-corrected chi connectivity index (χ2v) is 4.45. The second kappa shape index (κ2) is 5.28. The third kappa shape index (κ3) is 2.71. The molecule has 0 aliphatic carbocycles. The van der Waals surface area contributed by atoms with E-state index in [4.69, 9.17) is 11.6 Å². The van der Waals surface area contributed by atoms with Gasteiger partial charge in [0.15, 0.2) is 0 Å². The monoisotopic (exact) mass is 235 g/mol. The first-order chi connectivity index (χ1) is 7.79. The van der Waals surface area contributed by atoms with Gasteiger partial charge in [-0.15, -0.1) is 0 Å². The standard InChI is InChI=1S/C13H14ClNO/c14-13-6-7-15(9-12(13)10-16)8-11-4-2-1-3-5-11/h1-5,10H,6-9H2. The van der Waals surface area contributed by atoms with Crippen LogP contribution >= 0.6 is 11.6 Å². The Hall–Kier alpha value is -1.12. The summed E-state index contributed by atoms with van der Waals surface area (Å²) in [5.74, 6) is 0. The Morgan fingerprint density at radius 2 is 2.06 bits per heavy atom. The lowest BCUT2D eigenvalue weighted by atomic mass is 10.1. The van der Waals surface area contributed by atoms with E-state index in [1.165, 1.54) is 5.56 Å². The third-order valence-corrected chi connectivity index (χ3v) is 3.21. The van der Waals surface area contributed by atoms with E-state index in [2.05, 4.69) is 17.0 Å². The molecule has 0 N–H and O–H groups in total. The van der Waals surface area contributed by atoms with Gasteiger partial charge in [0.1, 0.15) is 6.29 Å². The molecule has 1 heterocycles. The fourth-order valence-corrected chi connectivity index (χ4v) is 2.09. The predicted octanol–water partition coefficient (Wildman–Crippen LogP) is 2.58. The summed E-state index contributed by atoms with van der Waals surface area (Å²) in [5, 5.41) is 0.722. The minimum atomic E-state index is 0.664. The number of carbonyl (C=O) groups is 1. The fourth-order valence-electron chi connectivity index (χ4n) is 1.90. The van der Waals surface area contributed by atoms with E-state index in [1.54, 1.807) is 0 Å². The van der Waals surface area contributed by atoms with Gasteiger partial charge in [0.05, 0.1) is 0 Å². The van der Waals surface area contributed by atoms with Gasteiger partial charge in [-0.1, -0.05) is 41.9 Å². The molecule has 0 fully saturated rings. The van der Waals surface area contributed by atoms with Gasteiger partial charge in [0, 0.05) is 30.2 Å². The zero-order valence-electron chi connectivity index (χ0n) is 9.03. The zero-order chi connectivity index (χ0) is 11.4. The van der Waals surface area contributed by atoms with Crippen molar-refractivity contribution in [3.8, 4) is 0 Å². The molecule has 16 heavy (non-hydrogen) atoms. The van der Waals surface area contributed by atoms with Crippen molar-refractivity contribution < 1.29 is 4.79 Å². The number of hydrogen-bond acceptors (Lipinski definition) is 2. The minimum Gasteiger partial charge on any atom is -0.298 e. The van der Waals surface area contributed by atoms with Crippen molar-refractivity contribution in [1.82, 2.24) is 4.90 Å². The van der Waals surface area contributed by atoms with Gasteiger partial charge in [-0.2, -0.15) is 0 Å². The summed E-state index contributed by atoms with van der Waals surface area (Å²) in [5.41, 5.74) is 2.00. The molecule has 1 aromatic rings. The van der Waals surface area contributed by atoms with Gasteiger partial charge in [-0.25, -0.2) is 0 Å². The molecule has 0 atom stereocenters. The van der Waals surface area contributed by atoms with Crippen molar-refractivity contribution in [3.05, 3.63) is 46.5 Å². The van der Waals surface area contributed by atoms with E-state index in [9.17, 15) is 4.79 Å². The van der Waals surface area contributed by atoms with E-state index >= 15 is 0 Å². The molecular formula is C13H14ClNO. The molecule has 2 nitrogen and oxygen atoms in total. The average Bonchev–Trinajstić information content (AvgIpc) is 2.33. The molecule has 84 valence electrons. The van der Waals surface area contributed by atoms with E-state index in [0.717, 1.165) is 36.4 Å². The highest BCUT2D eigenvalue weighted by atomic mass is 35.5. The lowest BCUT2D eigenvalue weighted by Gasteiger charge is -2.26. The van der Waals surface area contributed by atoms with Crippen LogP contribution in [0.4, 0.5) is 0 Å². The summed E-state index contributed by atoms with van der Waals surface area (Å²) >= 11 is 5.97. The zero-order valence-corrected chi connectivity index (χ0v) is 9.78. The van der Waals surface area contributed by atoms with E-state index in [1.807, 2.05) is 18.2 Å². The van der Waals surface area contributed by atoms with Crippen LogP contribution in [0.15, 0.2) is 40.9 Å². The van der Waals surface area contributed by atoms with Crippen LogP contribution in [-0.4, -0.2) is 24.3 Å². The van der Waals surface area contributed by atoms with E-state index < -0.39 is 0 Å². The van der Waals surface area contributed by atoms with Gasteiger partial charge in [-0.05, 0) is 12.0 Å². The smallest absolute Gasteiger partial charge is 0.148 e. The minimum absolute atomic E-state index is 0.664. The Labute approximate surface area is 101 Å². The molecule has 0 radical (unpaired) electrons. The Kier molecular flexibility index (Phi) is 3.75. The molecule has 0 amide bonds. The molecule has 2 rings (SSSR count). The number of benzene rings is 1. The first kappa shape index (κ1) is 11.4. The van der Waals surface area contributed by atoms with Crippen molar-refractivity contribution in [2.75, 3.05) is 13.1 Å². The van der Waals surface area contributed by atoms with Crippen LogP contribution in [-0.2, 0) is 11.3 Å². The van der Waals surface area contributed by atoms with E-state index in [-0.39, 0.29) is 0 Å². The molecule has 1 aromatic carbocycles. The lowest BCUT2D eigenvalue weighted by molar-refractivity contribution is -0.105. The maximum atomic E-state index is 10.8. The molecule has 0 saturated carbocycles. The highest BCUT2D eigenvalue weighted by Crippen LogP contribution is 2.21. The number of carbonyl (C=O) groups excluding carboxylic acids is 1. The van der Waals surface area contributed by atoms with Crippen LogP contribution in [0.3, 0.4) is 0 Å². The van der Waals surface area contributed by atoms with Gasteiger partial charge in [0.2, 0.25) is 0 Å². The maximum Gasteiger partial charge on any atom is 0.148 e. The molecule has 0 aromatic heterocycles. The Morgan fingerprint density at radius 3 is 2.75 bits per heavy atom. The quantitative estimate of drug-likeness (QED) is 0.751. The highest BCUT2D eigenvalue weighted by Gasteiger charge is 2.17. The summed E-state index contributed by atoms with van der Waals surface area (Å²) in [6.45, 7) is 2.46. The molecule has 3 heteroatoms. The van der Waals surface area contributed by atoms with Crippen LogP contribution in [0.5, 0.6) is 0 Å². The SMILES string of the molecule is O=CC1=C(Cl)CCN(Cc2ccccc2)C1. The molecule has 0 saturated heterocycles. The molecule has 1 aliphatic heterocycles. The van der Waals surface area contributed by atoms with Crippen molar-refractivity contribution in [3.63, 3.8) is 0 Å². The molecule has 0 bridgehead atoms. The van der Waals surface area contributed by atoms with Gasteiger partial charge in [0.25, 0.3) is 0 Å². The fraction of sp³-hybridized carbons (Fsp3) is 0.308. The van der Waals surface area contributed by atoms with Crippen LogP contribution in [0.1, 0.15) is 12.0 Å². The molecule has 0 unspecified atom stereocenters. The summed E-state index contributed by atoms with van der Waals surface area (Å²) < 4.78 is 0. The normalized spacial score (nSPS) is 17.6. The van der Waals surface area contributed by atoms with Gasteiger partial charge < -0.3 is 0 Å². The predicted molar refractivity (Wildman–Crippen MR) is 65.3 cm³/mol. The van der Waals surface area contributed by atoms with Crippen LogP contribution < -0.4 is 0 Å². The number of nitrogens with zero attached hydrogens (tertiary/aromatic N) is 1. The first-order valence-electron chi connectivity index (χ1n) is 5.38. The third-order valence-electron chi connectivity index (χ3n) is 2.78. The Bertz CT molecular complexity index is 400. The first-order valence-corrected chi connectivity index (χ1v) is 5.76. The van der Waals surface area contributed by atoms with Crippen LogP contribution in [0, 0.1) is 0 Å². The van der Waals surface area contributed by atoms with Crippen molar-refractivity contribution >= 4 is 17.9 Å². The van der Waals surface area contributed by atoms with Crippen LogP contribution in [0.25, 0.3) is 0 Å². The maximum absolute atomic E-state index is 10.8. The summed E-state index contributed by atoms with van der Waals surface area (Å²) in [6.07, 6.45) is 1.65. The van der Waals surface area contributed by atoms with Crippen molar-refractivity contribution in [2.45, 2.75) is 13.0 Å². The number of hydrogen-bond donors (Lipinski definition) is 0. The Balaban J connectivity index is 2.01. The molecular weight excluding hydrogens is 222 g/mol. The van der Waals surface area contributed by atoms with Crippen molar-refractivity contribution in [2.24, 2.45) is 0 Å². The summed E-state index contributed by atoms with van der Waals surface area (Å²) in [7, 11) is 0.